The molecule has 1 aliphatic heterocycles. The Kier molecular flexibility index (Phi) is 3.70. The number of nitrogens with zero attached hydrogens (tertiary/aromatic N) is 3. The van der Waals surface area contributed by atoms with E-state index in [0.717, 1.165) is 6.21 Å². The molecule has 2 heterocycles. The Balaban J connectivity index is 2.35. The second-order valence-corrected chi connectivity index (χ2v) is 4.99. The monoisotopic (exact) mass is 302 g/mol. The Morgan fingerprint density at radius 2 is 2.10 bits per heavy atom. The number of aliphatic imine (C=N–C) groups is 1. The standard InChI is InChI=1S/C12H17F3N6/c1-7(2)21-6-8(4-19-21)12(16)18-5-9(11(13,14)15)10(17-3)20-12/h4-7,17,20H,16H2,1-3H3. The lowest BCUT2D eigenvalue weighted by molar-refractivity contribution is -0.0875. The van der Waals surface area contributed by atoms with E-state index in [4.69, 9.17) is 5.73 Å². The summed E-state index contributed by atoms with van der Waals surface area (Å²) in [5, 5.41) is 9.16. The number of alkyl halides is 3. The highest BCUT2D eigenvalue weighted by Gasteiger charge is 2.41. The minimum Gasteiger partial charge on any atom is -0.374 e. The van der Waals surface area contributed by atoms with E-state index in [-0.39, 0.29) is 11.9 Å². The summed E-state index contributed by atoms with van der Waals surface area (Å²) in [6.45, 7) is 3.86. The second-order valence-electron chi connectivity index (χ2n) is 4.99. The van der Waals surface area contributed by atoms with Crippen LogP contribution in [0.4, 0.5) is 13.2 Å². The van der Waals surface area contributed by atoms with Gasteiger partial charge in [-0.1, -0.05) is 0 Å². The number of nitrogens with one attached hydrogen (secondary N) is 2. The molecule has 1 unspecified atom stereocenters. The predicted octanol–water partition coefficient (Wildman–Crippen LogP) is 1.20. The fourth-order valence-electron chi connectivity index (χ4n) is 1.90. The number of allylic oxidation sites excluding steroid dienone is 1. The third-order valence-electron chi connectivity index (χ3n) is 3.11. The van der Waals surface area contributed by atoms with Gasteiger partial charge in [-0.2, -0.15) is 18.3 Å². The van der Waals surface area contributed by atoms with Gasteiger partial charge in [0.1, 0.15) is 11.4 Å². The van der Waals surface area contributed by atoms with Crippen molar-refractivity contribution in [2.24, 2.45) is 10.7 Å². The molecule has 0 spiro atoms. The molecule has 0 saturated carbocycles. The van der Waals surface area contributed by atoms with Gasteiger partial charge in [0.2, 0.25) is 5.79 Å². The first kappa shape index (κ1) is 15.4. The Morgan fingerprint density at radius 3 is 2.57 bits per heavy atom. The summed E-state index contributed by atoms with van der Waals surface area (Å²) in [6.07, 6.45) is -0.648. The average Bonchev–Trinajstić information content (AvgIpc) is 2.87. The van der Waals surface area contributed by atoms with Gasteiger partial charge in [0.15, 0.2) is 0 Å². The molecule has 21 heavy (non-hydrogen) atoms. The fraction of sp³-hybridized carbons (Fsp3) is 0.500. The smallest absolute Gasteiger partial charge is 0.374 e. The molecule has 0 amide bonds. The first-order valence-corrected chi connectivity index (χ1v) is 6.33. The van der Waals surface area contributed by atoms with Crippen LogP contribution < -0.4 is 16.4 Å². The van der Waals surface area contributed by atoms with E-state index in [1.807, 2.05) is 13.8 Å². The summed E-state index contributed by atoms with van der Waals surface area (Å²) in [5.41, 5.74) is 5.63. The highest BCUT2D eigenvalue weighted by molar-refractivity contribution is 5.82. The van der Waals surface area contributed by atoms with E-state index < -0.39 is 17.5 Å². The van der Waals surface area contributed by atoms with E-state index >= 15 is 0 Å². The highest BCUT2D eigenvalue weighted by atomic mass is 19.4. The molecule has 0 saturated heterocycles. The maximum Gasteiger partial charge on any atom is 0.421 e. The molecule has 0 fully saturated rings. The van der Waals surface area contributed by atoms with Gasteiger partial charge in [-0.05, 0) is 13.8 Å². The zero-order valence-corrected chi connectivity index (χ0v) is 11.9. The van der Waals surface area contributed by atoms with Crippen LogP contribution in [0.1, 0.15) is 25.5 Å². The van der Waals surface area contributed by atoms with Crippen LogP contribution in [-0.2, 0) is 5.79 Å². The van der Waals surface area contributed by atoms with Crippen LogP contribution in [0.5, 0.6) is 0 Å². The van der Waals surface area contributed by atoms with Gasteiger partial charge >= 0.3 is 6.18 Å². The maximum atomic E-state index is 12.9. The molecule has 1 aromatic heterocycles. The zero-order chi connectivity index (χ0) is 15.8. The molecule has 1 aromatic rings. The highest BCUT2D eigenvalue weighted by Crippen LogP contribution is 2.30. The van der Waals surface area contributed by atoms with Crippen molar-refractivity contribution in [3.05, 3.63) is 29.4 Å². The van der Waals surface area contributed by atoms with Crippen molar-refractivity contribution in [1.29, 1.82) is 0 Å². The van der Waals surface area contributed by atoms with Gasteiger partial charge < -0.3 is 10.6 Å². The van der Waals surface area contributed by atoms with Crippen molar-refractivity contribution in [3.63, 3.8) is 0 Å². The number of rotatable bonds is 3. The Labute approximate surface area is 119 Å². The van der Waals surface area contributed by atoms with Gasteiger partial charge in [-0.3, -0.25) is 10.4 Å². The first-order valence-electron chi connectivity index (χ1n) is 6.33. The molecular formula is C12H17F3N6. The molecular weight excluding hydrogens is 285 g/mol. The number of hydrogen-bond acceptors (Lipinski definition) is 5. The Bertz CT molecular complexity index is 586. The summed E-state index contributed by atoms with van der Waals surface area (Å²) >= 11 is 0. The predicted molar refractivity (Wildman–Crippen MR) is 72.2 cm³/mol. The molecule has 0 aliphatic carbocycles. The van der Waals surface area contributed by atoms with Crippen molar-refractivity contribution in [2.45, 2.75) is 31.9 Å². The van der Waals surface area contributed by atoms with Crippen LogP contribution in [0.2, 0.25) is 0 Å². The lowest BCUT2D eigenvalue weighted by atomic mass is 10.1. The molecule has 2 rings (SSSR count). The summed E-state index contributed by atoms with van der Waals surface area (Å²) in [5.74, 6) is -1.71. The Morgan fingerprint density at radius 1 is 1.43 bits per heavy atom. The van der Waals surface area contributed by atoms with Gasteiger partial charge in [0.05, 0.1) is 11.8 Å². The molecule has 0 bridgehead atoms. The summed E-state index contributed by atoms with van der Waals surface area (Å²) in [4.78, 5) is 3.82. The molecule has 0 radical (unpaired) electrons. The molecule has 0 aromatic carbocycles. The molecule has 9 heteroatoms. The number of nitrogens with two attached hydrogens (primary N) is 1. The van der Waals surface area contributed by atoms with E-state index in [1.165, 1.54) is 13.2 Å². The minimum atomic E-state index is -4.52. The summed E-state index contributed by atoms with van der Waals surface area (Å²) in [7, 11) is 1.38. The third-order valence-corrected chi connectivity index (χ3v) is 3.11. The number of halogens is 3. The van der Waals surface area contributed by atoms with Crippen LogP contribution in [0.15, 0.2) is 28.8 Å². The minimum absolute atomic E-state index is 0.111. The van der Waals surface area contributed by atoms with Crippen molar-refractivity contribution in [1.82, 2.24) is 20.4 Å². The van der Waals surface area contributed by atoms with Crippen LogP contribution in [0, 0.1) is 0 Å². The first-order chi connectivity index (χ1) is 9.67. The lowest BCUT2D eigenvalue weighted by Gasteiger charge is -2.32. The Hall–Kier alpha value is -2.03. The largest absolute Gasteiger partial charge is 0.421 e. The van der Waals surface area contributed by atoms with Crippen LogP contribution in [0.3, 0.4) is 0 Å². The number of hydrogen-bond donors (Lipinski definition) is 3. The zero-order valence-electron chi connectivity index (χ0n) is 11.9. The van der Waals surface area contributed by atoms with Crippen LogP contribution in [-0.4, -0.2) is 29.2 Å². The van der Waals surface area contributed by atoms with Crippen molar-refractivity contribution >= 4 is 6.21 Å². The van der Waals surface area contributed by atoms with E-state index in [0.29, 0.717) is 5.56 Å². The van der Waals surface area contributed by atoms with E-state index in [1.54, 1.807) is 10.9 Å². The summed E-state index contributed by atoms with van der Waals surface area (Å²) in [6, 6.07) is 0.111. The topological polar surface area (TPSA) is 80.3 Å². The normalized spacial score (nSPS) is 22.7. The van der Waals surface area contributed by atoms with Gasteiger partial charge in [0.25, 0.3) is 0 Å². The molecule has 6 nitrogen and oxygen atoms in total. The van der Waals surface area contributed by atoms with Gasteiger partial charge in [0, 0.05) is 25.5 Å². The average molecular weight is 302 g/mol. The van der Waals surface area contributed by atoms with Crippen molar-refractivity contribution < 1.29 is 13.2 Å². The fourth-order valence-corrected chi connectivity index (χ4v) is 1.90. The van der Waals surface area contributed by atoms with Crippen LogP contribution in [0.25, 0.3) is 0 Å². The van der Waals surface area contributed by atoms with Gasteiger partial charge in [-0.25, -0.2) is 4.99 Å². The second kappa shape index (κ2) is 5.06. The molecule has 1 aliphatic rings. The third kappa shape index (κ3) is 2.87. The van der Waals surface area contributed by atoms with Crippen LogP contribution >= 0.6 is 0 Å². The molecule has 1 atom stereocenters. The number of aromatic nitrogens is 2. The quantitative estimate of drug-likeness (QED) is 0.784. The maximum absolute atomic E-state index is 12.9. The van der Waals surface area contributed by atoms with Gasteiger partial charge in [-0.15, -0.1) is 0 Å². The van der Waals surface area contributed by atoms with E-state index in [2.05, 4.69) is 20.7 Å². The van der Waals surface area contributed by atoms with E-state index in [9.17, 15) is 13.2 Å². The van der Waals surface area contributed by atoms with Crippen molar-refractivity contribution in [2.75, 3.05) is 7.05 Å². The summed E-state index contributed by atoms with van der Waals surface area (Å²) < 4.78 is 40.2. The molecule has 116 valence electrons. The SMILES string of the molecule is CNC1=C(C(F)(F)F)C=NC(N)(c2cnn(C(C)C)c2)N1. The molecule has 4 N–H and O–H groups in total. The van der Waals surface area contributed by atoms with Crippen molar-refractivity contribution in [3.8, 4) is 0 Å². The lowest BCUT2D eigenvalue weighted by Crippen LogP contribution is -2.53.